The van der Waals surface area contributed by atoms with Gasteiger partial charge in [0.25, 0.3) is 0 Å². The standard InChI is InChI=1S/C25H22F2N2O3/c1-30-24-12-22(27)21(26)11-19(24)17-5-7-18(8-6-17)31-14-16-4-9-23-20(10-16)25(29-32-23)28-13-15-2-3-15/h4-12,15H,2-3,13-14H2,1H3,(H,28,29). The molecule has 164 valence electrons. The van der Waals surface area contributed by atoms with Gasteiger partial charge in [0.1, 0.15) is 18.1 Å². The van der Waals surface area contributed by atoms with Crippen LogP contribution < -0.4 is 14.8 Å². The van der Waals surface area contributed by atoms with Crippen molar-refractivity contribution in [1.82, 2.24) is 5.16 Å². The summed E-state index contributed by atoms with van der Waals surface area (Å²) in [7, 11) is 1.42. The van der Waals surface area contributed by atoms with E-state index in [1.54, 1.807) is 24.3 Å². The Balaban J connectivity index is 1.28. The summed E-state index contributed by atoms with van der Waals surface area (Å²) in [5, 5.41) is 8.43. The Morgan fingerprint density at radius 3 is 2.56 bits per heavy atom. The minimum absolute atomic E-state index is 0.269. The van der Waals surface area contributed by atoms with Gasteiger partial charge in [0.2, 0.25) is 0 Å². The van der Waals surface area contributed by atoms with E-state index in [4.69, 9.17) is 14.0 Å². The molecule has 0 aliphatic heterocycles. The van der Waals surface area contributed by atoms with Crippen LogP contribution in [0.5, 0.6) is 11.5 Å². The molecule has 0 atom stereocenters. The van der Waals surface area contributed by atoms with E-state index < -0.39 is 11.6 Å². The van der Waals surface area contributed by atoms with Crippen LogP contribution in [0.15, 0.2) is 59.1 Å². The zero-order valence-corrected chi connectivity index (χ0v) is 17.5. The van der Waals surface area contributed by atoms with E-state index >= 15 is 0 Å². The average molecular weight is 436 g/mol. The monoisotopic (exact) mass is 436 g/mol. The van der Waals surface area contributed by atoms with E-state index in [0.29, 0.717) is 23.5 Å². The SMILES string of the molecule is COc1cc(F)c(F)cc1-c1ccc(OCc2ccc3onc(NCC4CC4)c3c2)cc1. The number of anilines is 1. The van der Waals surface area contributed by atoms with Gasteiger partial charge < -0.3 is 19.3 Å². The second-order valence-electron chi connectivity index (χ2n) is 7.97. The quantitative estimate of drug-likeness (QED) is 0.357. The average Bonchev–Trinajstić information content (AvgIpc) is 3.56. The van der Waals surface area contributed by atoms with Crippen molar-refractivity contribution in [2.75, 3.05) is 19.0 Å². The normalized spacial score (nSPS) is 13.3. The Morgan fingerprint density at radius 2 is 1.81 bits per heavy atom. The summed E-state index contributed by atoms with van der Waals surface area (Å²) >= 11 is 0. The molecule has 0 bridgehead atoms. The van der Waals surface area contributed by atoms with E-state index in [1.807, 2.05) is 18.2 Å². The number of nitrogens with one attached hydrogen (secondary N) is 1. The first-order valence-electron chi connectivity index (χ1n) is 10.5. The highest BCUT2D eigenvalue weighted by atomic mass is 19.2. The zero-order valence-electron chi connectivity index (χ0n) is 17.5. The highest BCUT2D eigenvalue weighted by molar-refractivity contribution is 5.88. The molecule has 7 heteroatoms. The molecule has 0 saturated heterocycles. The summed E-state index contributed by atoms with van der Waals surface area (Å²) in [6, 6.07) is 15.2. The van der Waals surface area contributed by atoms with Gasteiger partial charge in [-0.05, 0) is 60.2 Å². The van der Waals surface area contributed by atoms with Crippen molar-refractivity contribution >= 4 is 16.8 Å². The Morgan fingerprint density at radius 1 is 1.03 bits per heavy atom. The topological polar surface area (TPSA) is 56.5 Å². The number of ether oxygens (including phenoxy) is 2. The summed E-state index contributed by atoms with van der Waals surface area (Å²) in [4.78, 5) is 0. The minimum Gasteiger partial charge on any atom is -0.496 e. The third-order valence-corrected chi connectivity index (χ3v) is 5.60. The fraction of sp³-hybridized carbons (Fsp3) is 0.240. The molecule has 3 aromatic carbocycles. The van der Waals surface area contributed by atoms with Crippen LogP contribution in [-0.4, -0.2) is 18.8 Å². The lowest BCUT2D eigenvalue weighted by Gasteiger charge is -2.11. The number of hydrogen-bond donors (Lipinski definition) is 1. The number of nitrogens with zero attached hydrogens (tertiary/aromatic N) is 1. The van der Waals surface area contributed by atoms with Crippen LogP contribution >= 0.6 is 0 Å². The van der Waals surface area contributed by atoms with Gasteiger partial charge >= 0.3 is 0 Å². The van der Waals surface area contributed by atoms with Crippen molar-refractivity contribution in [2.45, 2.75) is 19.4 Å². The van der Waals surface area contributed by atoms with E-state index in [9.17, 15) is 8.78 Å². The predicted octanol–water partition coefficient (Wildman–Crippen LogP) is 6.18. The third-order valence-electron chi connectivity index (χ3n) is 5.60. The lowest BCUT2D eigenvalue weighted by atomic mass is 10.0. The van der Waals surface area contributed by atoms with Gasteiger partial charge in [0, 0.05) is 18.2 Å². The van der Waals surface area contributed by atoms with E-state index in [-0.39, 0.29) is 5.75 Å². The molecule has 32 heavy (non-hydrogen) atoms. The number of methoxy groups -OCH3 is 1. The molecular formula is C25H22F2N2O3. The number of fused-ring (bicyclic) bond motifs is 1. The summed E-state index contributed by atoms with van der Waals surface area (Å²) in [5.41, 5.74) is 2.89. The predicted molar refractivity (Wildman–Crippen MR) is 118 cm³/mol. The second-order valence-corrected chi connectivity index (χ2v) is 7.97. The first kappa shape index (κ1) is 20.3. The molecule has 1 aliphatic carbocycles. The molecule has 1 saturated carbocycles. The lowest BCUT2D eigenvalue weighted by Crippen LogP contribution is -2.03. The molecule has 1 heterocycles. The van der Waals surface area contributed by atoms with Crippen molar-refractivity contribution in [2.24, 2.45) is 5.92 Å². The summed E-state index contributed by atoms with van der Waals surface area (Å²) in [6.07, 6.45) is 2.53. The smallest absolute Gasteiger partial charge is 0.177 e. The Hall–Kier alpha value is -3.61. The molecule has 0 amide bonds. The highest BCUT2D eigenvalue weighted by Crippen LogP contribution is 2.33. The second kappa shape index (κ2) is 8.49. The zero-order chi connectivity index (χ0) is 22.1. The van der Waals surface area contributed by atoms with Gasteiger partial charge in [-0.25, -0.2) is 8.78 Å². The number of rotatable bonds is 8. The number of benzene rings is 3. The van der Waals surface area contributed by atoms with Crippen LogP contribution in [-0.2, 0) is 6.61 Å². The van der Waals surface area contributed by atoms with Crippen LogP contribution in [0.25, 0.3) is 22.1 Å². The summed E-state index contributed by atoms with van der Waals surface area (Å²) < 4.78 is 43.7. The maximum absolute atomic E-state index is 13.7. The van der Waals surface area contributed by atoms with Crippen molar-refractivity contribution in [3.8, 4) is 22.6 Å². The molecule has 1 aromatic heterocycles. The van der Waals surface area contributed by atoms with Gasteiger partial charge in [-0.3, -0.25) is 0 Å². The molecule has 0 unspecified atom stereocenters. The maximum Gasteiger partial charge on any atom is 0.177 e. The number of aromatic nitrogens is 1. The third kappa shape index (κ3) is 4.23. The van der Waals surface area contributed by atoms with Crippen molar-refractivity contribution in [3.63, 3.8) is 0 Å². The van der Waals surface area contributed by atoms with Crippen molar-refractivity contribution in [3.05, 3.63) is 71.8 Å². The van der Waals surface area contributed by atoms with E-state index in [0.717, 1.165) is 46.9 Å². The van der Waals surface area contributed by atoms with Crippen LogP contribution in [0.4, 0.5) is 14.6 Å². The molecule has 1 N–H and O–H groups in total. The van der Waals surface area contributed by atoms with E-state index in [2.05, 4.69) is 10.5 Å². The van der Waals surface area contributed by atoms with Crippen LogP contribution in [0.1, 0.15) is 18.4 Å². The molecule has 0 spiro atoms. The fourth-order valence-corrected chi connectivity index (χ4v) is 3.59. The van der Waals surface area contributed by atoms with Crippen LogP contribution in [0.2, 0.25) is 0 Å². The maximum atomic E-state index is 13.7. The van der Waals surface area contributed by atoms with Gasteiger partial charge in [0.05, 0.1) is 12.5 Å². The van der Waals surface area contributed by atoms with Crippen molar-refractivity contribution < 1.29 is 22.8 Å². The van der Waals surface area contributed by atoms with Gasteiger partial charge in [-0.1, -0.05) is 23.4 Å². The fourth-order valence-electron chi connectivity index (χ4n) is 3.59. The lowest BCUT2D eigenvalue weighted by molar-refractivity contribution is 0.306. The molecule has 4 aromatic rings. The van der Waals surface area contributed by atoms with Crippen molar-refractivity contribution in [1.29, 1.82) is 0 Å². The van der Waals surface area contributed by atoms with Gasteiger partial charge in [-0.2, -0.15) is 0 Å². The summed E-state index contributed by atoms with van der Waals surface area (Å²) in [6.45, 7) is 1.29. The summed E-state index contributed by atoms with van der Waals surface area (Å²) in [5.74, 6) is 0.567. The molecule has 0 radical (unpaired) electrons. The van der Waals surface area contributed by atoms with E-state index in [1.165, 1.54) is 20.0 Å². The number of halogens is 2. The molecular weight excluding hydrogens is 414 g/mol. The molecule has 5 nitrogen and oxygen atoms in total. The first-order valence-corrected chi connectivity index (χ1v) is 10.5. The largest absolute Gasteiger partial charge is 0.496 e. The molecule has 1 aliphatic rings. The molecule has 5 rings (SSSR count). The van der Waals surface area contributed by atoms with Crippen LogP contribution in [0.3, 0.4) is 0 Å². The highest BCUT2D eigenvalue weighted by Gasteiger charge is 2.21. The molecule has 1 fully saturated rings. The minimum atomic E-state index is -0.943. The Labute approximate surface area is 183 Å². The Bertz CT molecular complexity index is 1250. The first-order chi connectivity index (χ1) is 15.6. The van der Waals surface area contributed by atoms with Crippen LogP contribution in [0, 0.1) is 17.6 Å². The Kier molecular flexibility index (Phi) is 5.39. The van der Waals surface area contributed by atoms with Gasteiger partial charge in [-0.15, -0.1) is 0 Å². The van der Waals surface area contributed by atoms with Gasteiger partial charge in [0.15, 0.2) is 23.0 Å². The number of hydrogen-bond acceptors (Lipinski definition) is 5.